The Kier molecular flexibility index (Phi) is 10.1. The van der Waals surface area contributed by atoms with Crippen LogP contribution in [0, 0.1) is 0 Å². The summed E-state index contributed by atoms with van der Waals surface area (Å²) >= 11 is 0. The molecule has 0 amide bonds. The van der Waals surface area contributed by atoms with E-state index in [4.69, 9.17) is 4.74 Å². The number of rotatable bonds is 7. The zero-order chi connectivity index (χ0) is 15.6. The van der Waals surface area contributed by atoms with E-state index in [9.17, 15) is 0 Å². The molecule has 0 atom stereocenters. The molecule has 1 saturated carbocycles. The van der Waals surface area contributed by atoms with Gasteiger partial charge in [-0.25, -0.2) is 0 Å². The maximum atomic E-state index is 5.99. The van der Waals surface area contributed by atoms with Crippen molar-refractivity contribution in [3.8, 4) is 5.75 Å². The van der Waals surface area contributed by atoms with Gasteiger partial charge in [-0.05, 0) is 56.2 Å². The number of nitrogens with one attached hydrogen (secondary N) is 2. The fraction of sp³-hybridized carbons (Fsp3) is 0.611. The van der Waals surface area contributed by atoms with E-state index in [2.05, 4.69) is 46.8 Å². The Morgan fingerprint density at radius 1 is 1.13 bits per heavy atom. The summed E-state index contributed by atoms with van der Waals surface area (Å²) in [5.41, 5.74) is 1.32. The van der Waals surface area contributed by atoms with Gasteiger partial charge >= 0.3 is 0 Å². The lowest BCUT2D eigenvalue weighted by atomic mass is 10.1. The molecule has 130 valence electrons. The minimum atomic E-state index is 0. The van der Waals surface area contributed by atoms with Crippen LogP contribution in [0.5, 0.6) is 5.75 Å². The number of hydrogen-bond acceptors (Lipinski definition) is 2. The molecule has 1 aliphatic rings. The van der Waals surface area contributed by atoms with Gasteiger partial charge in [-0.15, -0.1) is 24.0 Å². The third kappa shape index (κ3) is 7.42. The van der Waals surface area contributed by atoms with Crippen LogP contribution in [0.2, 0.25) is 0 Å². The third-order valence-corrected chi connectivity index (χ3v) is 4.00. The molecule has 0 saturated heterocycles. The van der Waals surface area contributed by atoms with Gasteiger partial charge in [0.2, 0.25) is 0 Å². The average molecular weight is 431 g/mol. The molecular weight excluding hydrogens is 401 g/mol. The fourth-order valence-electron chi connectivity index (χ4n) is 2.72. The predicted octanol–water partition coefficient (Wildman–Crippen LogP) is 3.74. The zero-order valence-electron chi connectivity index (χ0n) is 14.3. The molecule has 1 aromatic carbocycles. The van der Waals surface area contributed by atoms with Crippen LogP contribution < -0.4 is 15.4 Å². The van der Waals surface area contributed by atoms with Crippen LogP contribution in [-0.4, -0.2) is 32.2 Å². The minimum absolute atomic E-state index is 0. The lowest BCUT2D eigenvalue weighted by molar-refractivity contribution is 0.210. The number of benzene rings is 1. The van der Waals surface area contributed by atoms with Crippen molar-refractivity contribution in [1.29, 1.82) is 0 Å². The Bertz CT molecular complexity index is 456. The smallest absolute Gasteiger partial charge is 0.190 e. The van der Waals surface area contributed by atoms with Crippen molar-refractivity contribution in [2.24, 2.45) is 4.99 Å². The molecule has 5 heteroatoms. The van der Waals surface area contributed by atoms with Gasteiger partial charge in [0.25, 0.3) is 0 Å². The van der Waals surface area contributed by atoms with Crippen molar-refractivity contribution in [3.05, 3.63) is 29.8 Å². The van der Waals surface area contributed by atoms with Gasteiger partial charge in [0.15, 0.2) is 5.96 Å². The van der Waals surface area contributed by atoms with Crippen LogP contribution in [0.15, 0.2) is 29.3 Å². The highest BCUT2D eigenvalue weighted by molar-refractivity contribution is 14.0. The molecule has 0 radical (unpaired) electrons. The van der Waals surface area contributed by atoms with Crippen molar-refractivity contribution >= 4 is 29.9 Å². The highest BCUT2D eigenvalue weighted by atomic mass is 127. The van der Waals surface area contributed by atoms with E-state index in [1.54, 1.807) is 7.05 Å². The van der Waals surface area contributed by atoms with E-state index in [1.807, 2.05) is 0 Å². The summed E-state index contributed by atoms with van der Waals surface area (Å²) in [5, 5.41) is 6.61. The van der Waals surface area contributed by atoms with E-state index in [-0.39, 0.29) is 24.0 Å². The van der Waals surface area contributed by atoms with Gasteiger partial charge in [0, 0.05) is 20.1 Å². The molecule has 1 aliphatic carbocycles. The average Bonchev–Trinajstić information content (AvgIpc) is 3.05. The van der Waals surface area contributed by atoms with Crippen molar-refractivity contribution in [1.82, 2.24) is 10.6 Å². The fourth-order valence-corrected chi connectivity index (χ4v) is 2.72. The number of ether oxygens (including phenoxy) is 1. The first-order valence-corrected chi connectivity index (χ1v) is 8.52. The zero-order valence-corrected chi connectivity index (χ0v) is 16.6. The van der Waals surface area contributed by atoms with Gasteiger partial charge < -0.3 is 15.4 Å². The summed E-state index contributed by atoms with van der Waals surface area (Å²) in [6.07, 6.45) is 7.54. The Hall–Kier alpha value is -0.980. The number of hydrogen-bond donors (Lipinski definition) is 2. The monoisotopic (exact) mass is 431 g/mol. The lowest BCUT2D eigenvalue weighted by Gasteiger charge is -2.14. The Morgan fingerprint density at radius 3 is 2.39 bits per heavy atom. The molecule has 0 aliphatic heterocycles. The van der Waals surface area contributed by atoms with Gasteiger partial charge in [-0.2, -0.15) is 0 Å². The van der Waals surface area contributed by atoms with Gasteiger partial charge in [-0.3, -0.25) is 4.99 Å². The molecule has 0 unspecified atom stereocenters. The summed E-state index contributed by atoms with van der Waals surface area (Å²) in [6.45, 7) is 3.98. The number of halogens is 1. The minimum Gasteiger partial charge on any atom is -0.490 e. The third-order valence-electron chi connectivity index (χ3n) is 4.00. The van der Waals surface area contributed by atoms with Crippen LogP contribution in [0.25, 0.3) is 0 Å². The van der Waals surface area contributed by atoms with Gasteiger partial charge in [-0.1, -0.05) is 19.1 Å². The first kappa shape index (κ1) is 20.1. The van der Waals surface area contributed by atoms with Crippen molar-refractivity contribution in [2.45, 2.75) is 51.6 Å². The van der Waals surface area contributed by atoms with Crippen molar-refractivity contribution < 1.29 is 4.74 Å². The molecule has 0 heterocycles. The normalized spacial score (nSPS) is 15.1. The molecule has 1 aromatic rings. The van der Waals surface area contributed by atoms with Crippen LogP contribution in [0.4, 0.5) is 0 Å². The largest absolute Gasteiger partial charge is 0.490 e. The standard InChI is InChI=1S/C18H29N3O.HI/c1-3-13-20-18(19-2)21-14-12-15-8-10-17(11-9-15)22-16-6-4-5-7-16;/h8-11,16H,3-7,12-14H2,1-2H3,(H2,19,20,21);1H. The molecule has 2 rings (SSSR count). The summed E-state index contributed by atoms with van der Waals surface area (Å²) in [7, 11) is 1.81. The SMILES string of the molecule is CCCNC(=NC)NCCc1ccc(OC2CCCC2)cc1.I. The highest BCUT2D eigenvalue weighted by Gasteiger charge is 2.16. The quantitative estimate of drug-likeness (QED) is 0.393. The van der Waals surface area contributed by atoms with E-state index in [0.717, 1.165) is 37.6 Å². The second kappa shape index (κ2) is 11.5. The maximum absolute atomic E-state index is 5.99. The Balaban J connectivity index is 0.00000264. The van der Waals surface area contributed by atoms with Crippen molar-refractivity contribution in [3.63, 3.8) is 0 Å². The molecule has 0 bridgehead atoms. The van der Waals surface area contributed by atoms with E-state index >= 15 is 0 Å². The Morgan fingerprint density at radius 2 is 1.78 bits per heavy atom. The van der Waals surface area contributed by atoms with Crippen LogP contribution in [0.3, 0.4) is 0 Å². The molecule has 2 N–H and O–H groups in total. The second-order valence-electron chi connectivity index (χ2n) is 5.84. The summed E-state index contributed by atoms with van der Waals surface area (Å²) in [4.78, 5) is 4.20. The maximum Gasteiger partial charge on any atom is 0.190 e. The van der Waals surface area contributed by atoms with E-state index in [0.29, 0.717) is 6.10 Å². The molecule has 4 nitrogen and oxygen atoms in total. The first-order chi connectivity index (χ1) is 10.8. The van der Waals surface area contributed by atoms with Gasteiger partial charge in [0.05, 0.1) is 6.10 Å². The molecule has 1 fully saturated rings. The topological polar surface area (TPSA) is 45.7 Å². The van der Waals surface area contributed by atoms with Crippen molar-refractivity contribution in [2.75, 3.05) is 20.1 Å². The highest BCUT2D eigenvalue weighted by Crippen LogP contribution is 2.24. The first-order valence-electron chi connectivity index (χ1n) is 8.52. The number of guanidine groups is 1. The lowest BCUT2D eigenvalue weighted by Crippen LogP contribution is -2.38. The summed E-state index contributed by atoms with van der Waals surface area (Å²) < 4.78 is 5.99. The Labute approximate surface area is 157 Å². The summed E-state index contributed by atoms with van der Waals surface area (Å²) in [6, 6.07) is 8.51. The predicted molar refractivity (Wildman–Crippen MR) is 108 cm³/mol. The summed E-state index contributed by atoms with van der Waals surface area (Å²) in [5.74, 6) is 1.88. The van der Waals surface area contributed by atoms with Crippen LogP contribution >= 0.6 is 24.0 Å². The molecule has 0 aromatic heterocycles. The molecule has 23 heavy (non-hydrogen) atoms. The van der Waals surface area contributed by atoms with E-state index in [1.165, 1.54) is 31.2 Å². The second-order valence-corrected chi connectivity index (χ2v) is 5.84. The molecule has 0 spiro atoms. The van der Waals surface area contributed by atoms with Crippen LogP contribution in [0.1, 0.15) is 44.6 Å². The molecular formula is C18H30IN3O. The van der Waals surface area contributed by atoms with E-state index < -0.39 is 0 Å². The van der Waals surface area contributed by atoms with Crippen LogP contribution in [-0.2, 0) is 6.42 Å². The number of nitrogens with zero attached hydrogens (tertiary/aromatic N) is 1. The number of aliphatic imine (C=N–C) groups is 1. The van der Waals surface area contributed by atoms with Gasteiger partial charge in [0.1, 0.15) is 5.75 Å².